The van der Waals surface area contributed by atoms with Crippen LogP contribution in [-0.2, 0) is 9.53 Å². The second-order valence-electron chi connectivity index (χ2n) is 12.5. The van der Waals surface area contributed by atoms with E-state index in [0.29, 0.717) is 49.6 Å². The summed E-state index contributed by atoms with van der Waals surface area (Å²) in [6.45, 7) is 7.17. The Morgan fingerprint density at radius 1 is 1.02 bits per heavy atom. The summed E-state index contributed by atoms with van der Waals surface area (Å²) in [6, 6.07) is 7.65. The number of rotatable bonds is 13. The van der Waals surface area contributed by atoms with E-state index < -0.39 is 35.6 Å². The number of aliphatic hydroxyl groups is 2. The Morgan fingerprint density at radius 3 is 2.48 bits per heavy atom. The zero-order valence-corrected chi connectivity index (χ0v) is 26.8. The molecule has 0 bridgehead atoms. The van der Waals surface area contributed by atoms with Gasteiger partial charge in [0, 0.05) is 76.9 Å². The highest BCUT2D eigenvalue weighted by atomic mass is 19.1. The van der Waals surface area contributed by atoms with Crippen molar-refractivity contribution in [3.05, 3.63) is 63.9 Å². The zero-order chi connectivity index (χ0) is 33.9. The number of nitrogens with zero attached hydrogens (tertiary/aromatic N) is 4. The summed E-state index contributed by atoms with van der Waals surface area (Å²) in [5.74, 6) is -1.21. The Balaban J connectivity index is 0.937. The predicted molar refractivity (Wildman–Crippen MR) is 176 cm³/mol. The molecule has 1 aliphatic carbocycles. The molecule has 15 heteroatoms. The number of aliphatic hydroxyl groups excluding tert-OH is 1. The highest BCUT2D eigenvalue weighted by Crippen LogP contribution is 2.38. The van der Waals surface area contributed by atoms with Crippen molar-refractivity contribution in [1.29, 1.82) is 0 Å². The average Bonchev–Trinajstić information content (AvgIpc) is 3.83. The van der Waals surface area contributed by atoms with Crippen LogP contribution < -0.4 is 31.2 Å². The standard InChI is InChI=1S/C33H41F2N7O6/c1-20(43)38-17-23-18-42(33(47)48-23)22-4-5-29(27(35)14-22)40-12-10-39(11-13-40)9-8-36-6-7-37-28-16-30-24(15-26(28)34)31(44)25(32(45)46)19-41(30)21-2-3-21/h4-5,14-16,19,21,23,32,36-37,45-46H,2-3,6-13,17-18H2,1H3,(H,38,43)/t23-/m0/s1. The monoisotopic (exact) mass is 669 g/mol. The Kier molecular flexibility index (Phi) is 10.1. The number of nitrogens with one attached hydrogen (secondary N) is 3. The second kappa shape index (κ2) is 14.4. The molecule has 0 unspecified atom stereocenters. The first-order valence-corrected chi connectivity index (χ1v) is 16.3. The Bertz CT molecular complexity index is 1720. The highest BCUT2D eigenvalue weighted by Gasteiger charge is 2.33. The van der Waals surface area contributed by atoms with Crippen molar-refractivity contribution < 1.29 is 33.3 Å². The van der Waals surface area contributed by atoms with Gasteiger partial charge in [-0.3, -0.25) is 19.4 Å². The van der Waals surface area contributed by atoms with Crippen molar-refractivity contribution in [3.63, 3.8) is 0 Å². The molecule has 6 rings (SSSR count). The van der Waals surface area contributed by atoms with E-state index in [1.165, 1.54) is 24.1 Å². The van der Waals surface area contributed by atoms with Gasteiger partial charge in [0.1, 0.15) is 17.7 Å². The largest absolute Gasteiger partial charge is 0.442 e. The number of benzene rings is 2. The molecule has 48 heavy (non-hydrogen) atoms. The van der Waals surface area contributed by atoms with Crippen LogP contribution >= 0.6 is 0 Å². The quantitative estimate of drug-likeness (QED) is 0.135. The van der Waals surface area contributed by atoms with Crippen LogP contribution in [0.4, 0.5) is 30.6 Å². The van der Waals surface area contributed by atoms with E-state index in [4.69, 9.17) is 4.74 Å². The highest BCUT2D eigenvalue weighted by molar-refractivity contribution is 5.90. The first kappa shape index (κ1) is 33.6. The lowest BCUT2D eigenvalue weighted by Crippen LogP contribution is -2.48. The van der Waals surface area contributed by atoms with Crippen molar-refractivity contribution in [2.45, 2.75) is 38.2 Å². The van der Waals surface area contributed by atoms with Gasteiger partial charge in [-0.15, -0.1) is 0 Å². The fraction of sp³-hybridized carbons (Fsp3) is 0.485. The number of pyridine rings is 1. The summed E-state index contributed by atoms with van der Waals surface area (Å²) in [5, 5.41) is 28.4. The minimum Gasteiger partial charge on any atom is -0.442 e. The van der Waals surface area contributed by atoms with Crippen LogP contribution in [0.25, 0.3) is 10.9 Å². The molecule has 2 amide bonds. The minimum absolute atomic E-state index is 0.122. The van der Waals surface area contributed by atoms with E-state index in [-0.39, 0.29) is 41.7 Å². The van der Waals surface area contributed by atoms with E-state index >= 15 is 4.39 Å². The lowest BCUT2D eigenvalue weighted by molar-refractivity contribution is -0.119. The van der Waals surface area contributed by atoms with Gasteiger partial charge in [-0.1, -0.05) is 0 Å². The fourth-order valence-electron chi connectivity index (χ4n) is 6.24. The molecule has 258 valence electrons. The number of hydrogen-bond donors (Lipinski definition) is 5. The molecular weight excluding hydrogens is 628 g/mol. The summed E-state index contributed by atoms with van der Waals surface area (Å²) in [7, 11) is 0. The molecule has 5 N–H and O–H groups in total. The number of ether oxygens (including phenoxy) is 1. The topological polar surface area (TPSA) is 152 Å². The molecule has 1 aromatic heterocycles. The van der Waals surface area contributed by atoms with E-state index in [2.05, 4.69) is 20.9 Å². The number of cyclic esters (lactones) is 1. The molecule has 2 aliphatic heterocycles. The predicted octanol–water partition coefficient (Wildman–Crippen LogP) is 1.88. The van der Waals surface area contributed by atoms with Gasteiger partial charge in [-0.05, 0) is 43.2 Å². The van der Waals surface area contributed by atoms with Crippen LogP contribution in [0.2, 0.25) is 0 Å². The maximum atomic E-state index is 15.2. The van der Waals surface area contributed by atoms with Crippen LogP contribution in [0.3, 0.4) is 0 Å². The summed E-state index contributed by atoms with van der Waals surface area (Å²) in [5.41, 5.74) is 0.969. The van der Waals surface area contributed by atoms with E-state index in [0.717, 1.165) is 38.5 Å². The first-order chi connectivity index (χ1) is 23.1. The van der Waals surface area contributed by atoms with Gasteiger partial charge in [-0.2, -0.15) is 0 Å². The Hall–Kier alpha value is -4.31. The van der Waals surface area contributed by atoms with Gasteiger partial charge in [-0.25, -0.2) is 13.6 Å². The third-order valence-corrected chi connectivity index (χ3v) is 9.00. The average molecular weight is 670 g/mol. The molecule has 1 saturated carbocycles. The number of carbonyl (C=O) groups excluding carboxylic acids is 2. The van der Waals surface area contributed by atoms with Crippen molar-refractivity contribution in [2.75, 3.05) is 80.6 Å². The van der Waals surface area contributed by atoms with Gasteiger partial charge >= 0.3 is 6.09 Å². The first-order valence-electron chi connectivity index (χ1n) is 16.3. The molecular formula is C33H41F2N7O6. The molecule has 1 atom stereocenters. The lowest BCUT2D eigenvalue weighted by Gasteiger charge is -2.36. The number of carbonyl (C=O) groups is 2. The zero-order valence-electron chi connectivity index (χ0n) is 26.8. The smallest absolute Gasteiger partial charge is 0.414 e. The van der Waals surface area contributed by atoms with Crippen molar-refractivity contribution >= 4 is 40.0 Å². The molecule has 2 aromatic carbocycles. The molecule has 3 heterocycles. The minimum atomic E-state index is -1.92. The number of anilines is 3. The summed E-state index contributed by atoms with van der Waals surface area (Å²) in [6.07, 6.45) is 0.284. The third kappa shape index (κ3) is 7.54. The van der Waals surface area contributed by atoms with Crippen molar-refractivity contribution in [3.8, 4) is 0 Å². The van der Waals surface area contributed by atoms with Gasteiger partial charge in [0.05, 0.1) is 41.2 Å². The van der Waals surface area contributed by atoms with Crippen LogP contribution in [-0.4, -0.2) is 103 Å². The van der Waals surface area contributed by atoms with E-state index in [1.807, 2.05) is 9.47 Å². The molecule has 2 saturated heterocycles. The normalized spacial score (nSPS) is 18.5. The van der Waals surface area contributed by atoms with Crippen LogP contribution in [0.1, 0.15) is 37.7 Å². The summed E-state index contributed by atoms with van der Waals surface area (Å²) < 4.78 is 37.2. The summed E-state index contributed by atoms with van der Waals surface area (Å²) >= 11 is 0. The molecule has 13 nitrogen and oxygen atoms in total. The van der Waals surface area contributed by atoms with Crippen molar-refractivity contribution in [1.82, 2.24) is 20.1 Å². The number of piperazine rings is 1. The van der Waals surface area contributed by atoms with Gasteiger partial charge < -0.3 is 40.4 Å². The molecule has 0 spiro atoms. The molecule has 3 fully saturated rings. The Morgan fingerprint density at radius 2 is 1.79 bits per heavy atom. The van der Waals surface area contributed by atoms with Crippen LogP contribution in [0.5, 0.6) is 0 Å². The van der Waals surface area contributed by atoms with Gasteiger partial charge in [0.25, 0.3) is 0 Å². The number of amides is 2. The van der Waals surface area contributed by atoms with E-state index in [9.17, 15) is 29.0 Å². The fourth-order valence-corrected chi connectivity index (χ4v) is 6.24. The maximum absolute atomic E-state index is 15.2. The molecule has 3 aromatic rings. The summed E-state index contributed by atoms with van der Waals surface area (Å²) in [4.78, 5) is 41.8. The number of hydrogen-bond acceptors (Lipinski definition) is 10. The second-order valence-corrected chi connectivity index (χ2v) is 12.5. The van der Waals surface area contributed by atoms with E-state index in [1.54, 1.807) is 18.2 Å². The third-order valence-electron chi connectivity index (χ3n) is 9.00. The van der Waals surface area contributed by atoms with Crippen molar-refractivity contribution in [2.24, 2.45) is 0 Å². The SMILES string of the molecule is CC(=O)NC[C@H]1CN(c2ccc(N3CCN(CCNCCNc4cc5c(cc4F)c(=O)c(C(O)O)cn5C4CC4)CC3)c(F)c2)C(=O)O1. The molecule has 3 aliphatic rings. The van der Waals surface area contributed by atoms with Gasteiger partial charge in [0.15, 0.2) is 11.7 Å². The number of halogens is 2. The number of fused-ring (bicyclic) bond motifs is 1. The lowest BCUT2D eigenvalue weighted by atomic mass is 10.1. The molecule has 0 radical (unpaired) electrons. The maximum Gasteiger partial charge on any atom is 0.414 e. The van der Waals surface area contributed by atoms with Crippen LogP contribution in [0.15, 0.2) is 41.3 Å². The van der Waals surface area contributed by atoms with Gasteiger partial charge in [0.2, 0.25) is 5.91 Å². The number of aromatic nitrogens is 1. The van der Waals surface area contributed by atoms with Crippen LogP contribution in [0, 0.1) is 11.6 Å². The Labute approximate surface area is 276 Å².